The molecule has 1 rings (SSSR count). The van der Waals surface area contributed by atoms with Gasteiger partial charge in [-0.25, -0.2) is 13.1 Å². The molecule has 18 heavy (non-hydrogen) atoms. The van der Waals surface area contributed by atoms with Crippen LogP contribution in [0.3, 0.4) is 0 Å². The van der Waals surface area contributed by atoms with Crippen LogP contribution in [0.1, 0.15) is 19.4 Å². The molecule has 6 heteroatoms. The van der Waals surface area contributed by atoms with Gasteiger partial charge < -0.3 is 5.11 Å². The average Bonchev–Trinajstić information content (AvgIpc) is 2.36. The first-order valence-electron chi connectivity index (χ1n) is 5.54. The van der Waals surface area contributed by atoms with Crippen molar-refractivity contribution in [3.05, 3.63) is 29.8 Å². The summed E-state index contributed by atoms with van der Waals surface area (Å²) >= 11 is 0. The molecule has 0 saturated carbocycles. The SMILES string of the molecule is CC(C)C(O)CNS(=O)(=O)c1cccc(C#N)c1. The fourth-order valence-corrected chi connectivity index (χ4v) is 2.34. The molecular formula is C12H16N2O3S. The maximum Gasteiger partial charge on any atom is 0.240 e. The zero-order chi connectivity index (χ0) is 13.8. The van der Waals surface area contributed by atoms with Crippen LogP contribution >= 0.6 is 0 Å². The van der Waals surface area contributed by atoms with Crippen molar-refractivity contribution < 1.29 is 13.5 Å². The van der Waals surface area contributed by atoms with Crippen LogP contribution in [0.25, 0.3) is 0 Å². The predicted octanol–water partition coefficient (Wildman–Crippen LogP) is 0.853. The van der Waals surface area contributed by atoms with E-state index in [0.717, 1.165) is 0 Å². The first kappa shape index (κ1) is 14.6. The summed E-state index contributed by atoms with van der Waals surface area (Å²) in [4.78, 5) is 0.0255. The number of nitrogens with one attached hydrogen (secondary N) is 1. The summed E-state index contributed by atoms with van der Waals surface area (Å²) in [5.74, 6) is -0.0295. The van der Waals surface area contributed by atoms with Crippen molar-refractivity contribution in [1.82, 2.24) is 4.72 Å². The van der Waals surface area contributed by atoms with Crippen molar-refractivity contribution in [2.24, 2.45) is 5.92 Å². The monoisotopic (exact) mass is 268 g/mol. The summed E-state index contributed by atoms with van der Waals surface area (Å²) < 4.78 is 26.1. The van der Waals surface area contributed by atoms with Crippen molar-refractivity contribution >= 4 is 10.0 Å². The fraction of sp³-hybridized carbons (Fsp3) is 0.417. The average molecular weight is 268 g/mol. The molecule has 1 unspecified atom stereocenters. The van der Waals surface area contributed by atoms with Crippen molar-refractivity contribution in [1.29, 1.82) is 5.26 Å². The highest BCUT2D eigenvalue weighted by Gasteiger charge is 2.17. The molecule has 0 spiro atoms. The first-order valence-corrected chi connectivity index (χ1v) is 7.03. The van der Waals surface area contributed by atoms with E-state index in [1.54, 1.807) is 13.8 Å². The van der Waals surface area contributed by atoms with Crippen molar-refractivity contribution in [3.63, 3.8) is 0 Å². The number of sulfonamides is 1. The van der Waals surface area contributed by atoms with E-state index in [1.165, 1.54) is 24.3 Å². The molecule has 0 aliphatic rings. The van der Waals surface area contributed by atoms with Crippen LogP contribution in [0, 0.1) is 17.2 Å². The molecule has 0 saturated heterocycles. The maximum absolute atomic E-state index is 11.9. The molecule has 1 aromatic carbocycles. The fourth-order valence-electron chi connectivity index (χ4n) is 1.25. The summed E-state index contributed by atoms with van der Waals surface area (Å²) in [5.41, 5.74) is 0.280. The van der Waals surface area contributed by atoms with Gasteiger partial charge >= 0.3 is 0 Å². The number of hydrogen-bond acceptors (Lipinski definition) is 4. The lowest BCUT2D eigenvalue weighted by molar-refractivity contribution is 0.129. The van der Waals surface area contributed by atoms with Gasteiger partial charge in [-0.2, -0.15) is 5.26 Å². The molecule has 0 amide bonds. The molecule has 0 bridgehead atoms. The first-order chi connectivity index (χ1) is 8.36. The molecule has 0 fully saturated rings. The van der Waals surface area contributed by atoms with Crippen LogP contribution < -0.4 is 4.72 Å². The van der Waals surface area contributed by atoms with Crippen LogP contribution in [0.5, 0.6) is 0 Å². The van der Waals surface area contributed by atoms with Crippen LogP contribution in [0.4, 0.5) is 0 Å². The number of rotatable bonds is 5. The third kappa shape index (κ3) is 3.81. The van der Waals surface area contributed by atoms with Gasteiger partial charge in [0.15, 0.2) is 0 Å². The van der Waals surface area contributed by atoms with E-state index in [2.05, 4.69) is 4.72 Å². The Morgan fingerprint density at radius 3 is 2.67 bits per heavy atom. The highest BCUT2D eigenvalue weighted by atomic mass is 32.2. The van der Waals surface area contributed by atoms with Gasteiger partial charge in [0.2, 0.25) is 10.0 Å². The summed E-state index contributed by atoms with van der Waals surface area (Å²) in [6.07, 6.45) is -0.737. The lowest BCUT2D eigenvalue weighted by atomic mass is 10.1. The van der Waals surface area contributed by atoms with E-state index in [4.69, 9.17) is 5.26 Å². The number of benzene rings is 1. The summed E-state index contributed by atoms with van der Waals surface area (Å²) in [5, 5.41) is 18.3. The molecule has 0 aromatic heterocycles. The Morgan fingerprint density at radius 1 is 1.44 bits per heavy atom. The van der Waals surface area contributed by atoms with Crippen LogP contribution in [0.15, 0.2) is 29.2 Å². The lowest BCUT2D eigenvalue weighted by Crippen LogP contribution is -2.34. The van der Waals surface area contributed by atoms with E-state index in [9.17, 15) is 13.5 Å². The van der Waals surface area contributed by atoms with Crippen LogP contribution in [-0.2, 0) is 10.0 Å². The van der Waals surface area contributed by atoms with Crippen molar-refractivity contribution in [2.75, 3.05) is 6.54 Å². The summed E-state index contributed by atoms with van der Waals surface area (Å²) in [6, 6.07) is 7.62. The zero-order valence-electron chi connectivity index (χ0n) is 10.3. The normalized spacial score (nSPS) is 13.3. The molecule has 1 atom stereocenters. The minimum absolute atomic E-state index is 0.0255. The Labute approximate surface area is 107 Å². The molecule has 0 heterocycles. The van der Waals surface area contributed by atoms with Gasteiger partial charge in [-0.1, -0.05) is 19.9 Å². The Morgan fingerprint density at radius 2 is 2.11 bits per heavy atom. The van der Waals surface area contributed by atoms with E-state index in [-0.39, 0.29) is 22.9 Å². The van der Waals surface area contributed by atoms with Gasteiger partial charge in [0, 0.05) is 6.54 Å². The molecule has 0 radical (unpaired) electrons. The topological polar surface area (TPSA) is 90.2 Å². The smallest absolute Gasteiger partial charge is 0.240 e. The molecule has 2 N–H and O–H groups in total. The highest BCUT2D eigenvalue weighted by Crippen LogP contribution is 2.11. The van der Waals surface area contributed by atoms with Crippen molar-refractivity contribution in [3.8, 4) is 6.07 Å². The molecule has 0 aliphatic carbocycles. The second-order valence-corrected chi connectivity index (χ2v) is 6.07. The second kappa shape index (κ2) is 5.96. The predicted molar refractivity (Wildman–Crippen MR) is 67.2 cm³/mol. The number of aliphatic hydroxyl groups excluding tert-OH is 1. The lowest BCUT2D eigenvalue weighted by Gasteiger charge is -2.15. The summed E-state index contributed by atoms with van der Waals surface area (Å²) in [6.45, 7) is 3.56. The number of nitrogens with zero attached hydrogens (tertiary/aromatic N) is 1. The number of nitriles is 1. The van der Waals surface area contributed by atoms with E-state index < -0.39 is 16.1 Å². The molecule has 1 aromatic rings. The third-order valence-corrected chi connectivity index (χ3v) is 3.95. The minimum Gasteiger partial charge on any atom is -0.391 e. The van der Waals surface area contributed by atoms with Gasteiger partial charge in [0.25, 0.3) is 0 Å². The Hall–Kier alpha value is -1.42. The van der Waals surface area contributed by atoms with E-state index in [1.807, 2.05) is 6.07 Å². The molecule has 98 valence electrons. The largest absolute Gasteiger partial charge is 0.391 e. The van der Waals surface area contributed by atoms with Gasteiger partial charge in [0.1, 0.15) is 0 Å². The van der Waals surface area contributed by atoms with Crippen LogP contribution in [0.2, 0.25) is 0 Å². The van der Waals surface area contributed by atoms with Gasteiger partial charge in [-0.15, -0.1) is 0 Å². The van der Waals surface area contributed by atoms with Crippen molar-refractivity contribution in [2.45, 2.75) is 24.8 Å². The second-order valence-electron chi connectivity index (χ2n) is 4.30. The molecule has 5 nitrogen and oxygen atoms in total. The maximum atomic E-state index is 11.9. The summed E-state index contributed by atoms with van der Waals surface area (Å²) in [7, 11) is -3.68. The number of hydrogen-bond donors (Lipinski definition) is 2. The Bertz CT molecular complexity index is 547. The Kier molecular flexibility index (Phi) is 4.84. The quantitative estimate of drug-likeness (QED) is 0.828. The number of aliphatic hydroxyl groups is 1. The van der Waals surface area contributed by atoms with E-state index >= 15 is 0 Å². The molecular weight excluding hydrogens is 252 g/mol. The van der Waals surface area contributed by atoms with E-state index in [0.29, 0.717) is 0 Å². The van der Waals surface area contributed by atoms with Gasteiger partial charge in [0.05, 0.1) is 22.6 Å². The zero-order valence-corrected chi connectivity index (χ0v) is 11.1. The van der Waals surface area contributed by atoms with Gasteiger partial charge in [-0.3, -0.25) is 0 Å². The molecule has 0 aliphatic heterocycles. The van der Waals surface area contributed by atoms with Gasteiger partial charge in [-0.05, 0) is 24.1 Å². The third-order valence-electron chi connectivity index (χ3n) is 2.53. The highest BCUT2D eigenvalue weighted by molar-refractivity contribution is 7.89. The minimum atomic E-state index is -3.68. The standard InChI is InChI=1S/C12H16N2O3S/c1-9(2)12(15)8-14-18(16,17)11-5-3-4-10(6-11)7-13/h3-6,9,12,14-15H,8H2,1-2H3. The van der Waals surface area contributed by atoms with Crippen LogP contribution in [-0.4, -0.2) is 26.2 Å². The Balaban J connectivity index is 2.84.